The summed E-state index contributed by atoms with van der Waals surface area (Å²) in [5, 5.41) is 5.02. The van der Waals surface area contributed by atoms with E-state index in [0.29, 0.717) is 5.95 Å². The Balaban J connectivity index is 1.19. The normalized spacial score (nSPS) is 13.2. The molecule has 0 saturated heterocycles. The van der Waals surface area contributed by atoms with Crippen LogP contribution in [0.1, 0.15) is 25.0 Å². The van der Waals surface area contributed by atoms with Gasteiger partial charge in [0.05, 0.1) is 22.4 Å². The van der Waals surface area contributed by atoms with Crippen LogP contribution in [0.15, 0.2) is 164 Å². The van der Waals surface area contributed by atoms with Crippen molar-refractivity contribution in [3.8, 4) is 50.7 Å². The fourth-order valence-electron chi connectivity index (χ4n) is 8.78. The average Bonchev–Trinajstić information content (AvgIpc) is 3.84. The maximum Gasteiger partial charge on any atom is 0.235 e. The van der Waals surface area contributed by atoms with E-state index < -0.39 is 0 Å². The van der Waals surface area contributed by atoms with Gasteiger partial charge in [0, 0.05) is 47.5 Å². The molecule has 1 aliphatic rings. The highest BCUT2D eigenvalue weighted by molar-refractivity contribution is 7.26. The van der Waals surface area contributed by atoms with E-state index in [9.17, 15) is 0 Å². The minimum atomic E-state index is -0.161. The van der Waals surface area contributed by atoms with Crippen molar-refractivity contribution < 1.29 is 0 Å². The van der Waals surface area contributed by atoms with E-state index in [-0.39, 0.29) is 5.41 Å². The van der Waals surface area contributed by atoms with Crippen molar-refractivity contribution in [2.75, 3.05) is 0 Å². The van der Waals surface area contributed by atoms with Gasteiger partial charge >= 0.3 is 0 Å². The highest BCUT2D eigenvalue weighted by atomic mass is 32.1. The van der Waals surface area contributed by atoms with Gasteiger partial charge in [-0.3, -0.25) is 4.57 Å². The van der Waals surface area contributed by atoms with Gasteiger partial charge in [-0.2, -0.15) is 0 Å². The third kappa shape index (κ3) is 4.46. The summed E-state index contributed by atoms with van der Waals surface area (Å²) >= 11 is 1.83. The van der Waals surface area contributed by atoms with Crippen LogP contribution >= 0.6 is 11.3 Å². The zero-order valence-corrected chi connectivity index (χ0v) is 30.2. The van der Waals surface area contributed by atoms with Gasteiger partial charge in [0.25, 0.3) is 0 Å². The smallest absolute Gasteiger partial charge is 0.235 e. The summed E-state index contributed by atoms with van der Waals surface area (Å²) in [5.41, 5.74) is 13.8. The molecule has 10 aromatic rings. The van der Waals surface area contributed by atoms with E-state index in [1.807, 2.05) is 11.3 Å². The van der Waals surface area contributed by atoms with E-state index in [0.717, 1.165) is 33.5 Å². The molecule has 0 amide bonds. The highest BCUT2D eigenvalue weighted by Crippen LogP contribution is 2.53. The van der Waals surface area contributed by atoms with Crippen LogP contribution in [-0.2, 0) is 5.41 Å². The van der Waals surface area contributed by atoms with Crippen molar-refractivity contribution in [3.05, 3.63) is 175 Å². The number of thiophene rings is 1. The minimum absolute atomic E-state index is 0.161. The molecule has 0 radical (unpaired) electrons. The van der Waals surface area contributed by atoms with Crippen molar-refractivity contribution in [1.82, 2.24) is 14.5 Å². The number of hydrogen-bond donors (Lipinski definition) is 0. The van der Waals surface area contributed by atoms with Crippen molar-refractivity contribution in [2.45, 2.75) is 19.3 Å². The quantitative estimate of drug-likeness (QED) is 0.183. The molecule has 53 heavy (non-hydrogen) atoms. The molecule has 3 heterocycles. The number of fused-ring (bicyclic) bond motifs is 10. The monoisotopic (exact) mass is 695 g/mol. The molecule has 0 fully saturated rings. The van der Waals surface area contributed by atoms with E-state index in [1.165, 1.54) is 64.3 Å². The van der Waals surface area contributed by atoms with Crippen LogP contribution in [0.5, 0.6) is 0 Å². The lowest BCUT2D eigenvalue weighted by Crippen LogP contribution is -2.15. The van der Waals surface area contributed by atoms with Gasteiger partial charge in [0.1, 0.15) is 0 Å². The van der Waals surface area contributed by atoms with Crippen LogP contribution in [-0.4, -0.2) is 14.5 Å². The summed E-state index contributed by atoms with van der Waals surface area (Å²) in [6, 6.07) is 59.0. The van der Waals surface area contributed by atoms with Crippen LogP contribution in [0.2, 0.25) is 0 Å². The van der Waals surface area contributed by atoms with Crippen molar-refractivity contribution in [2.24, 2.45) is 0 Å². The average molecular weight is 696 g/mol. The van der Waals surface area contributed by atoms with Crippen molar-refractivity contribution in [3.63, 3.8) is 0 Å². The Bertz CT molecular complexity index is 3080. The summed E-state index contributed by atoms with van der Waals surface area (Å²) < 4.78 is 4.81. The lowest BCUT2D eigenvalue weighted by molar-refractivity contribution is 0.666. The predicted molar refractivity (Wildman–Crippen MR) is 223 cm³/mol. The first-order valence-corrected chi connectivity index (χ1v) is 19.0. The Kier molecular flexibility index (Phi) is 6.47. The fourth-order valence-corrected chi connectivity index (χ4v) is 10.0. The number of aromatic nitrogens is 3. The third-order valence-corrected chi connectivity index (χ3v) is 12.5. The van der Waals surface area contributed by atoms with Gasteiger partial charge in [0.2, 0.25) is 5.95 Å². The molecular formula is C49H33N3S. The first kappa shape index (κ1) is 30.3. The van der Waals surface area contributed by atoms with Gasteiger partial charge in [-0.1, -0.05) is 153 Å². The SMILES string of the molecule is CC1(C)c2ccccc2-c2ccc3c(c21)c1ccccc1n3-c1nc(-c2ccc(-c3ccccc3)cc2)cc(-c2cccc3c2sc2ccccc23)n1. The van der Waals surface area contributed by atoms with Crippen LogP contribution in [0, 0.1) is 0 Å². The molecule has 250 valence electrons. The van der Waals surface area contributed by atoms with E-state index >= 15 is 0 Å². The van der Waals surface area contributed by atoms with Crippen LogP contribution < -0.4 is 0 Å². The maximum atomic E-state index is 5.49. The topological polar surface area (TPSA) is 30.7 Å². The molecule has 0 atom stereocenters. The summed E-state index contributed by atoms with van der Waals surface area (Å²) in [7, 11) is 0. The lowest BCUT2D eigenvalue weighted by atomic mass is 9.80. The highest BCUT2D eigenvalue weighted by Gasteiger charge is 2.38. The second kappa shape index (κ2) is 11.3. The number of rotatable bonds is 4. The predicted octanol–water partition coefficient (Wildman–Crippen LogP) is 13.2. The molecule has 0 N–H and O–H groups in total. The number of hydrogen-bond acceptors (Lipinski definition) is 3. The summed E-state index contributed by atoms with van der Waals surface area (Å²) in [5.74, 6) is 0.669. The fraction of sp³-hybridized carbons (Fsp3) is 0.0612. The van der Waals surface area contributed by atoms with Crippen LogP contribution in [0.25, 0.3) is 92.7 Å². The maximum absolute atomic E-state index is 5.49. The van der Waals surface area contributed by atoms with Gasteiger partial charge in [-0.05, 0) is 57.6 Å². The van der Waals surface area contributed by atoms with Gasteiger partial charge in [-0.25, -0.2) is 9.97 Å². The zero-order chi connectivity index (χ0) is 35.3. The lowest BCUT2D eigenvalue weighted by Gasteiger charge is -2.22. The molecule has 0 aliphatic heterocycles. The molecule has 0 saturated carbocycles. The van der Waals surface area contributed by atoms with Gasteiger partial charge in [-0.15, -0.1) is 11.3 Å². The van der Waals surface area contributed by atoms with Crippen molar-refractivity contribution >= 4 is 53.3 Å². The molecule has 4 heteroatoms. The van der Waals surface area contributed by atoms with E-state index in [1.54, 1.807) is 0 Å². The summed E-state index contributed by atoms with van der Waals surface area (Å²) in [6.45, 7) is 4.73. The molecular weight excluding hydrogens is 663 g/mol. The first-order chi connectivity index (χ1) is 26.0. The summed E-state index contributed by atoms with van der Waals surface area (Å²) in [6.07, 6.45) is 0. The first-order valence-electron chi connectivity index (χ1n) is 18.2. The second-order valence-electron chi connectivity index (χ2n) is 14.6. The molecule has 0 spiro atoms. The molecule has 3 nitrogen and oxygen atoms in total. The van der Waals surface area contributed by atoms with E-state index in [2.05, 4.69) is 182 Å². The van der Waals surface area contributed by atoms with Crippen LogP contribution in [0.4, 0.5) is 0 Å². The Labute approximate surface area is 311 Å². The Morgan fingerprint density at radius 1 is 0.491 bits per heavy atom. The standard InChI is InChI=1S/C49H33N3S/c1-49(2)39-20-9-6-15-33(39)35-27-28-43-45(46(35)49)38-17-7-10-21-42(38)52(43)48-50-40(32-25-23-31(24-26-32)30-13-4-3-5-14-30)29-41(51-48)37-19-12-18-36-34-16-8-11-22-44(34)53-47(36)37/h3-29H,1-2H3. The number of para-hydroxylation sites is 1. The largest absolute Gasteiger partial charge is 0.278 e. The Hall–Kier alpha value is -6.36. The van der Waals surface area contributed by atoms with Gasteiger partial charge in [0.15, 0.2) is 0 Å². The second-order valence-corrected chi connectivity index (χ2v) is 15.6. The van der Waals surface area contributed by atoms with E-state index in [4.69, 9.17) is 9.97 Å². The molecule has 11 rings (SSSR count). The number of nitrogens with zero attached hydrogens (tertiary/aromatic N) is 3. The number of benzene rings is 7. The Morgan fingerprint density at radius 2 is 1.15 bits per heavy atom. The van der Waals surface area contributed by atoms with Crippen molar-refractivity contribution in [1.29, 1.82) is 0 Å². The minimum Gasteiger partial charge on any atom is -0.278 e. The molecule has 7 aromatic carbocycles. The molecule has 0 bridgehead atoms. The molecule has 3 aromatic heterocycles. The molecule has 1 aliphatic carbocycles. The Morgan fingerprint density at radius 3 is 2.02 bits per heavy atom. The molecule has 0 unspecified atom stereocenters. The van der Waals surface area contributed by atoms with Crippen LogP contribution in [0.3, 0.4) is 0 Å². The third-order valence-electron chi connectivity index (χ3n) is 11.2. The zero-order valence-electron chi connectivity index (χ0n) is 29.3. The van der Waals surface area contributed by atoms with Gasteiger partial charge < -0.3 is 0 Å². The summed E-state index contributed by atoms with van der Waals surface area (Å²) in [4.78, 5) is 10.9.